The van der Waals surface area contributed by atoms with E-state index < -0.39 is 0 Å². The average Bonchev–Trinajstić information content (AvgIpc) is 3.28. The van der Waals surface area contributed by atoms with Crippen LogP contribution in [-0.4, -0.2) is 26.1 Å². The van der Waals surface area contributed by atoms with Gasteiger partial charge in [-0.2, -0.15) is 0 Å². The summed E-state index contributed by atoms with van der Waals surface area (Å²) in [6, 6.07) is 12.2. The van der Waals surface area contributed by atoms with Crippen molar-refractivity contribution < 1.29 is 9.53 Å². The molecule has 3 rings (SSSR count). The number of ether oxygens (including phenoxy) is 1. The number of hydrogen-bond donors (Lipinski definition) is 2. The fourth-order valence-corrected chi connectivity index (χ4v) is 3.30. The van der Waals surface area contributed by atoms with Gasteiger partial charge in [0.1, 0.15) is 5.75 Å². The molecule has 1 fully saturated rings. The van der Waals surface area contributed by atoms with Gasteiger partial charge in [-0.25, -0.2) is 0 Å². The molecule has 23 heavy (non-hydrogen) atoms. The molecule has 1 aliphatic rings. The zero-order chi connectivity index (χ0) is 16.1. The first-order chi connectivity index (χ1) is 11.2. The second-order valence-electron chi connectivity index (χ2n) is 5.85. The van der Waals surface area contributed by atoms with E-state index in [4.69, 9.17) is 4.74 Å². The Kier molecular flexibility index (Phi) is 5.31. The monoisotopic (exact) mass is 330 g/mol. The minimum Gasteiger partial charge on any atom is -0.497 e. The lowest BCUT2D eigenvalue weighted by molar-refractivity contribution is -0.120. The van der Waals surface area contributed by atoms with Gasteiger partial charge in [0, 0.05) is 9.75 Å². The van der Waals surface area contributed by atoms with Crippen molar-refractivity contribution in [2.45, 2.75) is 19.4 Å². The number of thiophene rings is 1. The lowest BCUT2D eigenvalue weighted by atomic mass is 10.2. The zero-order valence-corrected chi connectivity index (χ0v) is 14.1. The Morgan fingerprint density at radius 1 is 1.22 bits per heavy atom. The summed E-state index contributed by atoms with van der Waals surface area (Å²) in [5, 5.41) is 6.17. The van der Waals surface area contributed by atoms with Crippen LogP contribution in [0.5, 0.6) is 5.75 Å². The van der Waals surface area contributed by atoms with Crippen molar-refractivity contribution in [1.29, 1.82) is 0 Å². The summed E-state index contributed by atoms with van der Waals surface area (Å²) in [5.41, 5.74) is 1.17. The number of hydrogen-bond acceptors (Lipinski definition) is 4. The van der Waals surface area contributed by atoms with Gasteiger partial charge in [0.05, 0.1) is 20.2 Å². The maximum Gasteiger partial charge on any atom is 0.234 e. The van der Waals surface area contributed by atoms with E-state index in [-0.39, 0.29) is 5.91 Å². The predicted molar refractivity (Wildman–Crippen MR) is 93.7 cm³/mol. The summed E-state index contributed by atoms with van der Waals surface area (Å²) in [7, 11) is 1.67. The molecule has 1 amide bonds. The van der Waals surface area contributed by atoms with E-state index in [1.54, 1.807) is 18.4 Å². The Morgan fingerprint density at radius 3 is 2.70 bits per heavy atom. The molecule has 2 N–H and O–H groups in total. The van der Waals surface area contributed by atoms with Crippen LogP contribution in [0.15, 0.2) is 36.4 Å². The zero-order valence-electron chi connectivity index (χ0n) is 13.3. The quantitative estimate of drug-likeness (QED) is 0.782. The number of carbonyl (C=O) groups excluding carboxylic acids is 1. The van der Waals surface area contributed by atoms with Crippen LogP contribution in [0.25, 0.3) is 10.4 Å². The minimum absolute atomic E-state index is 0.0602. The van der Waals surface area contributed by atoms with Gasteiger partial charge >= 0.3 is 0 Å². The lowest BCUT2D eigenvalue weighted by Crippen LogP contribution is -2.34. The topological polar surface area (TPSA) is 50.4 Å². The number of benzene rings is 1. The standard InChI is InChI=1S/C18H22N2O2S/c1-22-15-6-4-14(5-7-15)17-9-8-16(23-17)11-20-18(21)12-19-10-13-2-3-13/h4-9,13,19H,2-3,10-12H2,1H3,(H,20,21). The molecule has 0 radical (unpaired) electrons. The Labute approximate surface area is 140 Å². The molecule has 0 bridgehead atoms. The summed E-state index contributed by atoms with van der Waals surface area (Å²) in [5.74, 6) is 1.72. The van der Waals surface area contributed by atoms with Crippen molar-refractivity contribution in [3.63, 3.8) is 0 Å². The van der Waals surface area contributed by atoms with E-state index in [1.165, 1.54) is 23.3 Å². The van der Waals surface area contributed by atoms with Gasteiger partial charge in [-0.15, -0.1) is 11.3 Å². The van der Waals surface area contributed by atoms with Gasteiger partial charge in [-0.05, 0) is 67.3 Å². The molecular formula is C18H22N2O2S. The highest BCUT2D eigenvalue weighted by Crippen LogP contribution is 2.29. The van der Waals surface area contributed by atoms with Crippen LogP contribution in [-0.2, 0) is 11.3 Å². The molecular weight excluding hydrogens is 308 g/mol. The Bertz CT molecular complexity index is 647. The average molecular weight is 330 g/mol. The fraction of sp³-hybridized carbons (Fsp3) is 0.389. The van der Waals surface area contributed by atoms with Gasteiger partial charge in [0.2, 0.25) is 5.91 Å². The van der Waals surface area contributed by atoms with Gasteiger partial charge in [0.15, 0.2) is 0 Å². The van der Waals surface area contributed by atoms with Gasteiger partial charge in [-0.1, -0.05) is 0 Å². The first-order valence-corrected chi connectivity index (χ1v) is 8.77. The smallest absolute Gasteiger partial charge is 0.234 e. The Hall–Kier alpha value is -1.85. The summed E-state index contributed by atoms with van der Waals surface area (Å²) >= 11 is 1.70. The molecule has 0 unspecified atom stereocenters. The molecule has 1 aromatic carbocycles. The van der Waals surface area contributed by atoms with E-state index in [1.807, 2.05) is 12.1 Å². The van der Waals surface area contributed by atoms with Crippen molar-refractivity contribution in [2.75, 3.05) is 20.2 Å². The van der Waals surface area contributed by atoms with Crippen LogP contribution in [0, 0.1) is 5.92 Å². The predicted octanol–water partition coefficient (Wildman–Crippen LogP) is 3.04. The van der Waals surface area contributed by atoms with Crippen LogP contribution in [0.3, 0.4) is 0 Å². The highest BCUT2D eigenvalue weighted by Gasteiger charge is 2.20. The van der Waals surface area contributed by atoms with Gasteiger partial charge in [0.25, 0.3) is 0 Å². The summed E-state index contributed by atoms with van der Waals surface area (Å²) < 4.78 is 5.18. The van der Waals surface area contributed by atoms with Gasteiger partial charge < -0.3 is 15.4 Å². The SMILES string of the molecule is COc1ccc(-c2ccc(CNC(=O)CNCC3CC3)s2)cc1. The van der Waals surface area contributed by atoms with Crippen LogP contribution >= 0.6 is 11.3 Å². The molecule has 1 aromatic heterocycles. The molecule has 1 saturated carbocycles. The molecule has 2 aromatic rings. The Morgan fingerprint density at radius 2 is 2.00 bits per heavy atom. The van der Waals surface area contributed by atoms with Crippen LogP contribution in [0.1, 0.15) is 17.7 Å². The van der Waals surface area contributed by atoms with Crippen molar-refractivity contribution in [2.24, 2.45) is 5.92 Å². The largest absolute Gasteiger partial charge is 0.497 e. The highest BCUT2D eigenvalue weighted by molar-refractivity contribution is 7.15. The van der Waals surface area contributed by atoms with Crippen molar-refractivity contribution in [3.8, 4) is 16.2 Å². The molecule has 122 valence electrons. The summed E-state index contributed by atoms with van der Waals surface area (Å²) in [6.07, 6.45) is 2.61. The minimum atomic E-state index is 0.0602. The first-order valence-electron chi connectivity index (χ1n) is 7.95. The summed E-state index contributed by atoms with van der Waals surface area (Å²) in [4.78, 5) is 14.1. The van der Waals surface area contributed by atoms with Crippen LogP contribution in [0.4, 0.5) is 0 Å². The van der Waals surface area contributed by atoms with Crippen molar-refractivity contribution >= 4 is 17.2 Å². The summed E-state index contributed by atoms with van der Waals surface area (Å²) in [6.45, 7) is 1.96. The van der Waals surface area contributed by atoms with Crippen LogP contribution < -0.4 is 15.4 Å². The molecule has 0 atom stereocenters. The third-order valence-corrected chi connectivity index (χ3v) is 5.05. The van der Waals surface area contributed by atoms with Crippen molar-refractivity contribution in [3.05, 3.63) is 41.3 Å². The maximum atomic E-state index is 11.8. The van der Waals surface area contributed by atoms with E-state index in [2.05, 4.69) is 34.9 Å². The molecule has 1 heterocycles. The maximum absolute atomic E-state index is 11.8. The van der Waals surface area contributed by atoms with E-state index >= 15 is 0 Å². The lowest BCUT2D eigenvalue weighted by Gasteiger charge is -2.05. The molecule has 0 saturated heterocycles. The number of nitrogens with one attached hydrogen (secondary N) is 2. The first kappa shape index (κ1) is 16.0. The third kappa shape index (κ3) is 4.81. The van der Waals surface area contributed by atoms with Crippen LogP contribution in [0.2, 0.25) is 0 Å². The number of carbonyl (C=O) groups is 1. The Balaban J connectivity index is 1.47. The van der Waals surface area contributed by atoms with Gasteiger partial charge in [-0.3, -0.25) is 4.79 Å². The van der Waals surface area contributed by atoms with Crippen molar-refractivity contribution in [1.82, 2.24) is 10.6 Å². The molecule has 0 spiro atoms. The van der Waals surface area contributed by atoms with E-state index in [0.717, 1.165) is 23.1 Å². The fourth-order valence-electron chi connectivity index (χ4n) is 2.34. The third-order valence-electron chi connectivity index (χ3n) is 3.91. The normalized spacial score (nSPS) is 13.8. The molecule has 0 aliphatic heterocycles. The second kappa shape index (κ2) is 7.62. The number of amides is 1. The molecule has 1 aliphatic carbocycles. The second-order valence-corrected chi connectivity index (χ2v) is 7.01. The molecule has 5 heteroatoms. The van der Waals surface area contributed by atoms with E-state index in [0.29, 0.717) is 13.1 Å². The van der Waals surface area contributed by atoms with E-state index in [9.17, 15) is 4.79 Å². The number of methoxy groups -OCH3 is 1. The number of rotatable bonds is 8. The molecule has 4 nitrogen and oxygen atoms in total. The highest BCUT2D eigenvalue weighted by atomic mass is 32.1.